The molecule has 168 valence electrons. The number of esters is 2. The van der Waals surface area contributed by atoms with Crippen LogP contribution in [-0.2, 0) is 9.53 Å². The summed E-state index contributed by atoms with van der Waals surface area (Å²) in [7, 11) is 1.40. The number of amides is 2. The van der Waals surface area contributed by atoms with Gasteiger partial charge in [-0.15, -0.1) is 0 Å². The minimum Gasteiger partial charge on any atom is -0.493 e. The molecule has 8 nitrogen and oxygen atoms in total. The Morgan fingerprint density at radius 2 is 1.81 bits per heavy atom. The van der Waals surface area contributed by atoms with Gasteiger partial charge in [-0.25, -0.2) is 14.4 Å². The van der Waals surface area contributed by atoms with Crippen LogP contribution < -0.4 is 20.1 Å². The van der Waals surface area contributed by atoms with Gasteiger partial charge in [-0.3, -0.25) is 0 Å². The SMILES string of the molecule is CCOC(=O)C1=C(C)NC(=O)NC1c1ccc(OC(=O)c2ccc(Cl)cc2Cl)c(OC)c1. The van der Waals surface area contributed by atoms with Crippen LogP contribution in [0.4, 0.5) is 4.79 Å². The zero-order chi connectivity index (χ0) is 23.4. The van der Waals surface area contributed by atoms with Gasteiger partial charge in [-0.2, -0.15) is 0 Å². The summed E-state index contributed by atoms with van der Waals surface area (Å²) in [5.41, 5.74) is 1.30. The lowest BCUT2D eigenvalue weighted by Gasteiger charge is -2.28. The third kappa shape index (κ3) is 4.98. The molecule has 0 bridgehead atoms. The minimum absolute atomic E-state index is 0.130. The number of hydrogen-bond acceptors (Lipinski definition) is 6. The maximum absolute atomic E-state index is 12.6. The van der Waals surface area contributed by atoms with Crippen molar-refractivity contribution in [2.24, 2.45) is 0 Å². The molecule has 0 radical (unpaired) electrons. The molecule has 2 amide bonds. The molecule has 2 aromatic rings. The van der Waals surface area contributed by atoms with E-state index in [1.807, 2.05) is 0 Å². The molecule has 1 aliphatic rings. The number of nitrogens with one attached hydrogen (secondary N) is 2. The predicted octanol–water partition coefficient (Wildman–Crippen LogP) is 4.41. The molecule has 3 rings (SSSR count). The molecular formula is C22H20Cl2N2O6. The second-order valence-electron chi connectivity index (χ2n) is 6.71. The first-order valence-corrected chi connectivity index (χ1v) is 10.3. The number of halogens is 2. The Hall–Kier alpha value is -3.23. The fourth-order valence-corrected chi connectivity index (χ4v) is 3.67. The lowest BCUT2D eigenvalue weighted by molar-refractivity contribution is -0.139. The third-order valence-electron chi connectivity index (χ3n) is 4.64. The second-order valence-corrected chi connectivity index (χ2v) is 7.56. The summed E-state index contributed by atoms with van der Waals surface area (Å²) >= 11 is 11.9. The summed E-state index contributed by atoms with van der Waals surface area (Å²) in [5.74, 6) is -0.911. The van der Waals surface area contributed by atoms with Crippen molar-refractivity contribution in [1.82, 2.24) is 10.6 Å². The Morgan fingerprint density at radius 1 is 1.06 bits per heavy atom. The third-order valence-corrected chi connectivity index (χ3v) is 5.19. The quantitative estimate of drug-likeness (QED) is 0.470. The lowest BCUT2D eigenvalue weighted by Crippen LogP contribution is -2.45. The van der Waals surface area contributed by atoms with Crippen LogP contribution in [0.3, 0.4) is 0 Å². The zero-order valence-corrected chi connectivity index (χ0v) is 19.0. The molecule has 1 unspecified atom stereocenters. The molecule has 1 aliphatic heterocycles. The first kappa shape index (κ1) is 23.4. The summed E-state index contributed by atoms with van der Waals surface area (Å²) in [4.78, 5) is 37.1. The summed E-state index contributed by atoms with van der Waals surface area (Å²) in [6, 6.07) is 7.84. The highest BCUT2D eigenvalue weighted by atomic mass is 35.5. The largest absolute Gasteiger partial charge is 0.493 e. The molecule has 10 heteroatoms. The van der Waals surface area contributed by atoms with Crippen molar-refractivity contribution >= 4 is 41.2 Å². The Bertz CT molecular complexity index is 1120. The molecule has 2 N–H and O–H groups in total. The highest BCUT2D eigenvalue weighted by molar-refractivity contribution is 6.36. The summed E-state index contributed by atoms with van der Waals surface area (Å²) in [5, 5.41) is 5.80. The van der Waals surface area contributed by atoms with Gasteiger partial charge in [0.15, 0.2) is 11.5 Å². The number of allylic oxidation sites excluding steroid dienone is 1. The molecule has 2 aromatic carbocycles. The summed E-state index contributed by atoms with van der Waals surface area (Å²) in [6.45, 7) is 3.49. The minimum atomic E-state index is -0.785. The Balaban J connectivity index is 1.93. The van der Waals surface area contributed by atoms with Crippen molar-refractivity contribution in [3.63, 3.8) is 0 Å². The number of benzene rings is 2. The topological polar surface area (TPSA) is 103 Å². The molecule has 1 atom stereocenters. The molecule has 0 aliphatic carbocycles. The fraction of sp³-hybridized carbons (Fsp3) is 0.227. The second kappa shape index (κ2) is 9.93. The van der Waals surface area contributed by atoms with Crippen molar-refractivity contribution in [1.29, 1.82) is 0 Å². The van der Waals surface area contributed by atoms with Crippen LogP contribution in [0.1, 0.15) is 35.8 Å². The Morgan fingerprint density at radius 3 is 2.47 bits per heavy atom. The number of hydrogen-bond donors (Lipinski definition) is 2. The number of ether oxygens (including phenoxy) is 3. The summed E-state index contributed by atoms with van der Waals surface area (Å²) < 4.78 is 15.9. The van der Waals surface area contributed by atoms with Crippen molar-refractivity contribution in [3.8, 4) is 11.5 Å². The van der Waals surface area contributed by atoms with Gasteiger partial charge in [-0.05, 0) is 49.7 Å². The van der Waals surface area contributed by atoms with E-state index in [0.29, 0.717) is 16.3 Å². The number of urea groups is 1. The fourth-order valence-electron chi connectivity index (χ4n) is 3.18. The van der Waals surface area contributed by atoms with E-state index in [1.54, 1.807) is 26.0 Å². The van der Waals surface area contributed by atoms with Gasteiger partial charge in [0.1, 0.15) is 0 Å². The van der Waals surface area contributed by atoms with Gasteiger partial charge in [0.2, 0.25) is 0 Å². The van der Waals surface area contributed by atoms with Crippen LogP contribution in [-0.4, -0.2) is 31.7 Å². The van der Waals surface area contributed by atoms with Crippen LogP contribution in [0.25, 0.3) is 0 Å². The van der Waals surface area contributed by atoms with Gasteiger partial charge in [-0.1, -0.05) is 29.3 Å². The zero-order valence-electron chi connectivity index (χ0n) is 17.5. The maximum atomic E-state index is 12.6. The first-order valence-electron chi connectivity index (χ1n) is 9.55. The first-order chi connectivity index (χ1) is 15.2. The molecule has 0 aromatic heterocycles. The van der Waals surface area contributed by atoms with Gasteiger partial charge in [0.05, 0.1) is 35.9 Å². The average Bonchev–Trinajstić information content (AvgIpc) is 2.73. The van der Waals surface area contributed by atoms with E-state index < -0.39 is 24.0 Å². The predicted molar refractivity (Wildman–Crippen MR) is 118 cm³/mol. The van der Waals surface area contributed by atoms with Gasteiger partial charge in [0.25, 0.3) is 0 Å². The van der Waals surface area contributed by atoms with Crippen LogP contribution in [0, 0.1) is 0 Å². The van der Waals surface area contributed by atoms with E-state index in [2.05, 4.69) is 10.6 Å². The van der Waals surface area contributed by atoms with Crippen LogP contribution in [0.5, 0.6) is 11.5 Å². The molecule has 0 spiro atoms. The van der Waals surface area contributed by atoms with Gasteiger partial charge < -0.3 is 24.8 Å². The van der Waals surface area contributed by atoms with E-state index in [0.717, 1.165) is 0 Å². The standard InChI is InChI=1S/C22H20Cl2N2O6/c1-4-31-21(28)18-11(2)25-22(29)26-19(18)12-5-8-16(17(9-12)30-3)32-20(27)14-7-6-13(23)10-15(14)24/h5-10,19H,4H2,1-3H3,(H2,25,26,29). The number of carbonyl (C=O) groups is 3. The average molecular weight is 479 g/mol. The molecule has 0 fully saturated rings. The molecule has 0 saturated heterocycles. The monoisotopic (exact) mass is 478 g/mol. The number of methoxy groups -OCH3 is 1. The van der Waals surface area contributed by atoms with E-state index in [9.17, 15) is 14.4 Å². The van der Waals surface area contributed by atoms with E-state index in [4.69, 9.17) is 37.4 Å². The highest BCUT2D eigenvalue weighted by Gasteiger charge is 2.32. The smallest absolute Gasteiger partial charge is 0.345 e. The molecule has 1 heterocycles. The van der Waals surface area contributed by atoms with Gasteiger partial charge >= 0.3 is 18.0 Å². The molecule has 0 saturated carbocycles. The van der Waals surface area contributed by atoms with E-state index >= 15 is 0 Å². The van der Waals surface area contributed by atoms with Crippen LogP contribution in [0.15, 0.2) is 47.7 Å². The van der Waals surface area contributed by atoms with Crippen LogP contribution in [0.2, 0.25) is 10.0 Å². The highest BCUT2D eigenvalue weighted by Crippen LogP contribution is 2.35. The van der Waals surface area contributed by atoms with E-state index in [1.165, 1.54) is 31.4 Å². The molecular weight excluding hydrogens is 459 g/mol. The Kier molecular flexibility index (Phi) is 7.27. The van der Waals surface area contributed by atoms with Crippen LogP contribution >= 0.6 is 23.2 Å². The normalized spacial score (nSPS) is 15.5. The van der Waals surface area contributed by atoms with Crippen molar-refractivity contribution in [3.05, 3.63) is 68.8 Å². The van der Waals surface area contributed by atoms with Crippen molar-refractivity contribution in [2.75, 3.05) is 13.7 Å². The molecule has 32 heavy (non-hydrogen) atoms. The summed E-state index contributed by atoms with van der Waals surface area (Å²) in [6.07, 6.45) is 0. The number of carbonyl (C=O) groups excluding carboxylic acids is 3. The van der Waals surface area contributed by atoms with Gasteiger partial charge in [0, 0.05) is 10.7 Å². The van der Waals surface area contributed by atoms with Crippen molar-refractivity contribution < 1.29 is 28.6 Å². The van der Waals surface area contributed by atoms with E-state index in [-0.39, 0.29) is 34.3 Å². The number of rotatable bonds is 6. The lowest BCUT2D eigenvalue weighted by atomic mass is 9.95. The Labute approximate surface area is 194 Å². The van der Waals surface area contributed by atoms with Crippen molar-refractivity contribution in [2.45, 2.75) is 19.9 Å². The maximum Gasteiger partial charge on any atom is 0.345 e.